The fraction of sp³-hybridized carbons (Fsp3) is 0.409. The molecule has 1 amide bonds. The quantitative estimate of drug-likeness (QED) is 0.674. The first kappa shape index (κ1) is 19.0. The second-order valence-corrected chi connectivity index (χ2v) is 6.95. The van der Waals surface area contributed by atoms with Gasteiger partial charge >= 0.3 is 0 Å². The molecule has 0 fully saturated rings. The van der Waals surface area contributed by atoms with E-state index in [1.54, 1.807) is 0 Å². The Morgan fingerprint density at radius 1 is 0.960 bits per heavy atom. The van der Waals surface area contributed by atoms with E-state index in [0.717, 1.165) is 17.9 Å². The Morgan fingerprint density at radius 3 is 2.00 bits per heavy atom. The maximum absolute atomic E-state index is 12.7. The van der Waals surface area contributed by atoms with Crippen molar-refractivity contribution in [3.63, 3.8) is 0 Å². The van der Waals surface area contributed by atoms with Crippen LogP contribution in [0.15, 0.2) is 42.5 Å². The van der Waals surface area contributed by atoms with E-state index in [1.165, 1.54) is 11.1 Å². The lowest BCUT2D eigenvalue weighted by molar-refractivity contribution is 0.102. The molecule has 1 N–H and O–H groups in total. The second-order valence-electron chi connectivity index (χ2n) is 6.95. The van der Waals surface area contributed by atoms with Crippen LogP contribution in [0, 0.1) is 0 Å². The largest absolute Gasteiger partial charge is 0.494 e. The predicted octanol–water partition coefficient (Wildman–Crippen LogP) is 5.97. The highest BCUT2D eigenvalue weighted by Gasteiger charge is 2.16. The molecule has 134 valence electrons. The third kappa shape index (κ3) is 4.85. The number of benzene rings is 2. The number of amides is 1. The molecule has 0 spiro atoms. The number of carbonyl (C=O) groups excluding carboxylic acids is 1. The van der Waals surface area contributed by atoms with Crippen molar-refractivity contribution in [2.45, 2.75) is 52.9 Å². The van der Waals surface area contributed by atoms with Gasteiger partial charge in [0.2, 0.25) is 0 Å². The van der Waals surface area contributed by atoms with Crippen LogP contribution in [0.5, 0.6) is 5.75 Å². The van der Waals surface area contributed by atoms with Gasteiger partial charge in [-0.2, -0.15) is 0 Å². The summed E-state index contributed by atoms with van der Waals surface area (Å²) < 4.78 is 5.58. The summed E-state index contributed by atoms with van der Waals surface area (Å²) in [4.78, 5) is 12.7. The summed E-state index contributed by atoms with van der Waals surface area (Å²) in [6.45, 7) is 11.3. The van der Waals surface area contributed by atoms with Crippen LogP contribution in [0.3, 0.4) is 0 Å². The average molecular weight is 339 g/mol. The van der Waals surface area contributed by atoms with E-state index in [-0.39, 0.29) is 5.91 Å². The van der Waals surface area contributed by atoms with Gasteiger partial charge in [-0.25, -0.2) is 0 Å². The highest BCUT2D eigenvalue weighted by molar-refractivity contribution is 6.05. The third-order valence-corrected chi connectivity index (χ3v) is 4.20. The van der Waals surface area contributed by atoms with Crippen LogP contribution in [-0.4, -0.2) is 12.5 Å². The molecule has 0 unspecified atom stereocenters. The minimum Gasteiger partial charge on any atom is -0.494 e. The number of para-hydroxylation sites is 1. The van der Waals surface area contributed by atoms with Gasteiger partial charge in [-0.1, -0.05) is 52.8 Å². The number of nitrogens with one attached hydrogen (secondary N) is 1. The predicted molar refractivity (Wildman–Crippen MR) is 105 cm³/mol. The monoisotopic (exact) mass is 339 g/mol. The standard InChI is InChI=1S/C22H29NO2/c1-6-14-25-18-12-10-17(11-13-18)22(24)23-21-19(15(2)3)8-7-9-20(21)16(4)5/h7-13,15-16H,6,14H2,1-5H3,(H,23,24). The van der Waals surface area contributed by atoms with Gasteiger partial charge in [-0.05, 0) is 53.6 Å². The Balaban J connectivity index is 2.25. The van der Waals surface area contributed by atoms with Crippen molar-refractivity contribution >= 4 is 11.6 Å². The average Bonchev–Trinajstić information content (AvgIpc) is 2.60. The minimum atomic E-state index is -0.0861. The molecule has 3 nitrogen and oxygen atoms in total. The number of rotatable bonds is 7. The van der Waals surface area contributed by atoms with E-state index in [1.807, 2.05) is 24.3 Å². The van der Waals surface area contributed by atoms with Gasteiger partial charge in [0.05, 0.1) is 6.61 Å². The lowest BCUT2D eigenvalue weighted by Crippen LogP contribution is -2.16. The summed E-state index contributed by atoms with van der Waals surface area (Å²) >= 11 is 0. The van der Waals surface area contributed by atoms with Gasteiger partial charge in [0.1, 0.15) is 5.75 Å². The Labute approximate surface area is 151 Å². The topological polar surface area (TPSA) is 38.3 Å². The maximum Gasteiger partial charge on any atom is 0.255 e. The Morgan fingerprint density at radius 2 is 1.52 bits per heavy atom. The molecule has 25 heavy (non-hydrogen) atoms. The molecule has 0 saturated heterocycles. The molecule has 0 atom stereocenters. The van der Waals surface area contributed by atoms with Crippen LogP contribution >= 0.6 is 0 Å². The molecule has 0 heterocycles. The van der Waals surface area contributed by atoms with Gasteiger partial charge in [-0.15, -0.1) is 0 Å². The number of hydrogen-bond acceptors (Lipinski definition) is 2. The zero-order valence-electron chi connectivity index (χ0n) is 15.9. The van der Waals surface area contributed by atoms with Gasteiger partial charge in [0, 0.05) is 11.3 Å². The number of ether oxygens (including phenoxy) is 1. The molecule has 2 aromatic rings. The first-order valence-electron chi connectivity index (χ1n) is 9.11. The molecule has 0 bridgehead atoms. The normalized spacial score (nSPS) is 11.0. The molecule has 2 rings (SSSR count). The SMILES string of the molecule is CCCOc1ccc(C(=O)Nc2c(C(C)C)cccc2C(C)C)cc1. The van der Waals surface area contributed by atoms with E-state index < -0.39 is 0 Å². The lowest BCUT2D eigenvalue weighted by Gasteiger charge is -2.20. The van der Waals surface area contributed by atoms with Crippen molar-refractivity contribution in [2.24, 2.45) is 0 Å². The molecule has 2 aromatic carbocycles. The van der Waals surface area contributed by atoms with Gasteiger partial charge in [0.25, 0.3) is 5.91 Å². The minimum absolute atomic E-state index is 0.0861. The van der Waals surface area contributed by atoms with Crippen LogP contribution in [0.4, 0.5) is 5.69 Å². The van der Waals surface area contributed by atoms with E-state index in [0.29, 0.717) is 24.0 Å². The number of anilines is 1. The number of carbonyl (C=O) groups is 1. The summed E-state index contributed by atoms with van der Waals surface area (Å²) in [6, 6.07) is 13.6. The second kappa shape index (κ2) is 8.70. The first-order chi connectivity index (χ1) is 11.9. The summed E-state index contributed by atoms with van der Waals surface area (Å²) in [5.74, 6) is 1.40. The van der Waals surface area contributed by atoms with Crippen molar-refractivity contribution in [1.29, 1.82) is 0 Å². The van der Waals surface area contributed by atoms with Gasteiger partial charge in [-0.3, -0.25) is 4.79 Å². The summed E-state index contributed by atoms with van der Waals surface area (Å²) in [5.41, 5.74) is 3.92. The molecule has 0 radical (unpaired) electrons. The van der Waals surface area contributed by atoms with Gasteiger partial charge in [0.15, 0.2) is 0 Å². The van der Waals surface area contributed by atoms with Crippen LogP contribution in [0.2, 0.25) is 0 Å². The molecular formula is C22H29NO2. The van der Waals surface area contributed by atoms with Crippen molar-refractivity contribution in [2.75, 3.05) is 11.9 Å². The fourth-order valence-corrected chi connectivity index (χ4v) is 2.80. The molecule has 0 saturated carbocycles. The molecular weight excluding hydrogens is 310 g/mol. The molecule has 0 aliphatic carbocycles. The zero-order chi connectivity index (χ0) is 18.4. The maximum atomic E-state index is 12.7. The molecule has 0 aliphatic rings. The Kier molecular flexibility index (Phi) is 6.63. The zero-order valence-corrected chi connectivity index (χ0v) is 15.9. The highest BCUT2D eigenvalue weighted by Crippen LogP contribution is 2.32. The Bertz CT molecular complexity index is 676. The van der Waals surface area contributed by atoms with Gasteiger partial charge < -0.3 is 10.1 Å². The highest BCUT2D eigenvalue weighted by atomic mass is 16.5. The van der Waals surface area contributed by atoms with E-state index in [9.17, 15) is 4.79 Å². The lowest BCUT2D eigenvalue weighted by atomic mass is 9.92. The molecule has 0 aliphatic heterocycles. The first-order valence-corrected chi connectivity index (χ1v) is 9.11. The molecule has 3 heteroatoms. The summed E-state index contributed by atoms with van der Waals surface area (Å²) in [6.07, 6.45) is 0.964. The van der Waals surface area contributed by atoms with E-state index >= 15 is 0 Å². The van der Waals surface area contributed by atoms with Crippen LogP contribution in [0.25, 0.3) is 0 Å². The van der Waals surface area contributed by atoms with Crippen molar-refractivity contribution in [3.05, 3.63) is 59.2 Å². The van der Waals surface area contributed by atoms with Crippen molar-refractivity contribution in [1.82, 2.24) is 0 Å². The van der Waals surface area contributed by atoms with Crippen molar-refractivity contribution < 1.29 is 9.53 Å². The summed E-state index contributed by atoms with van der Waals surface area (Å²) in [7, 11) is 0. The van der Waals surface area contributed by atoms with Crippen LogP contribution < -0.4 is 10.1 Å². The molecule has 0 aromatic heterocycles. The Hall–Kier alpha value is -2.29. The van der Waals surface area contributed by atoms with E-state index in [4.69, 9.17) is 4.74 Å². The van der Waals surface area contributed by atoms with E-state index in [2.05, 4.69) is 58.1 Å². The van der Waals surface area contributed by atoms with Crippen LogP contribution in [0.1, 0.15) is 74.4 Å². The number of hydrogen-bond donors (Lipinski definition) is 1. The third-order valence-electron chi connectivity index (χ3n) is 4.20. The fourth-order valence-electron chi connectivity index (χ4n) is 2.80. The summed E-state index contributed by atoms with van der Waals surface area (Å²) in [5, 5.41) is 3.14. The van der Waals surface area contributed by atoms with Crippen LogP contribution in [-0.2, 0) is 0 Å². The smallest absolute Gasteiger partial charge is 0.255 e. The van der Waals surface area contributed by atoms with Crippen molar-refractivity contribution in [3.8, 4) is 5.75 Å².